The Bertz CT molecular complexity index is 461. The fourth-order valence-corrected chi connectivity index (χ4v) is 3.10. The van der Waals surface area contributed by atoms with Gasteiger partial charge in [-0.3, -0.25) is 4.79 Å². The van der Waals surface area contributed by atoms with E-state index in [1.807, 2.05) is 6.07 Å². The normalized spacial score (nSPS) is 23.1. The number of rotatable bonds is 3. The Morgan fingerprint density at radius 2 is 2.05 bits per heavy atom. The molecule has 1 saturated carbocycles. The van der Waals surface area contributed by atoms with Crippen LogP contribution < -0.4 is 5.32 Å². The van der Waals surface area contributed by atoms with E-state index in [2.05, 4.69) is 12.2 Å². The molecule has 4 heteroatoms. The summed E-state index contributed by atoms with van der Waals surface area (Å²) in [6, 6.07) is 5.57. The SMILES string of the molecule is C[C@H]1CCCC[C@@H]1NC(=O)Cc1ccc(Cl)cc1Cl. The van der Waals surface area contributed by atoms with E-state index in [-0.39, 0.29) is 5.91 Å². The van der Waals surface area contributed by atoms with Gasteiger partial charge in [-0.1, -0.05) is 49.0 Å². The average molecular weight is 300 g/mol. The first kappa shape index (κ1) is 14.7. The molecule has 1 fully saturated rings. The molecule has 1 N–H and O–H groups in total. The molecule has 0 saturated heterocycles. The zero-order valence-electron chi connectivity index (χ0n) is 11.1. The lowest BCUT2D eigenvalue weighted by Gasteiger charge is -2.29. The number of carbonyl (C=O) groups excluding carboxylic acids is 1. The summed E-state index contributed by atoms with van der Waals surface area (Å²) in [5.74, 6) is 0.612. The highest BCUT2D eigenvalue weighted by Gasteiger charge is 2.22. The van der Waals surface area contributed by atoms with Gasteiger partial charge in [-0.15, -0.1) is 0 Å². The molecule has 0 heterocycles. The van der Waals surface area contributed by atoms with Crippen molar-refractivity contribution in [3.05, 3.63) is 33.8 Å². The predicted molar refractivity (Wildman–Crippen MR) is 79.7 cm³/mol. The van der Waals surface area contributed by atoms with Crippen LogP contribution in [-0.4, -0.2) is 11.9 Å². The zero-order valence-corrected chi connectivity index (χ0v) is 12.6. The average Bonchev–Trinajstić information content (AvgIpc) is 2.36. The standard InChI is InChI=1S/C15H19Cl2NO/c1-10-4-2-3-5-14(10)18-15(19)8-11-6-7-12(16)9-13(11)17/h6-7,9-10,14H,2-5,8H2,1H3,(H,18,19)/t10-,14-/m0/s1. The van der Waals surface area contributed by atoms with Gasteiger partial charge in [0.25, 0.3) is 0 Å². The van der Waals surface area contributed by atoms with Crippen LogP contribution in [0.3, 0.4) is 0 Å². The molecule has 1 aliphatic carbocycles. The van der Waals surface area contributed by atoms with E-state index in [1.54, 1.807) is 12.1 Å². The number of carbonyl (C=O) groups is 1. The number of hydrogen-bond acceptors (Lipinski definition) is 1. The minimum absolute atomic E-state index is 0.0444. The lowest BCUT2D eigenvalue weighted by molar-refractivity contribution is -0.121. The van der Waals surface area contributed by atoms with Crippen molar-refractivity contribution in [2.75, 3.05) is 0 Å². The number of halogens is 2. The van der Waals surface area contributed by atoms with Gasteiger partial charge in [0.1, 0.15) is 0 Å². The van der Waals surface area contributed by atoms with E-state index in [0.717, 1.165) is 12.0 Å². The number of benzene rings is 1. The Morgan fingerprint density at radius 3 is 2.74 bits per heavy atom. The molecule has 1 aromatic carbocycles. The van der Waals surface area contributed by atoms with Gasteiger partial charge in [0, 0.05) is 16.1 Å². The zero-order chi connectivity index (χ0) is 13.8. The van der Waals surface area contributed by atoms with Crippen molar-refractivity contribution in [2.24, 2.45) is 5.92 Å². The first-order valence-corrected chi connectivity index (χ1v) is 7.55. The van der Waals surface area contributed by atoms with E-state index >= 15 is 0 Å². The molecule has 104 valence electrons. The van der Waals surface area contributed by atoms with Crippen LogP contribution in [0.5, 0.6) is 0 Å². The second-order valence-electron chi connectivity index (χ2n) is 5.35. The van der Waals surface area contributed by atoms with E-state index in [9.17, 15) is 4.79 Å². The molecule has 0 spiro atoms. The molecule has 0 radical (unpaired) electrons. The molecule has 0 aromatic heterocycles. The van der Waals surface area contributed by atoms with Crippen LogP contribution in [0, 0.1) is 5.92 Å². The second-order valence-corrected chi connectivity index (χ2v) is 6.19. The number of hydrogen-bond donors (Lipinski definition) is 1. The third-order valence-electron chi connectivity index (χ3n) is 3.82. The van der Waals surface area contributed by atoms with Crippen LogP contribution in [0.25, 0.3) is 0 Å². The molecule has 0 bridgehead atoms. The summed E-state index contributed by atoms with van der Waals surface area (Å²) in [6.45, 7) is 2.21. The van der Waals surface area contributed by atoms with Crippen LogP contribution in [0.15, 0.2) is 18.2 Å². The molecule has 1 amide bonds. The third kappa shape index (κ3) is 4.12. The van der Waals surface area contributed by atoms with Gasteiger partial charge in [0.2, 0.25) is 5.91 Å². The van der Waals surface area contributed by atoms with Crippen molar-refractivity contribution in [1.82, 2.24) is 5.32 Å². The van der Waals surface area contributed by atoms with Crippen molar-refractivity contribution in [3.63, 3.8) is 0 Å². The van der Waals surface area contributed by atoms with Gasteiger partial charge in [-0.05, 0) is 36.5 Å². The summed E-state index contributed by atoms with van der Waals surface area (Å²) in [4.78, 5) is 12.1. The fraction of sp³-hybridized carbons (Fsp3) is 0.533. The lowest BCUT2D eigenvalue weighted by Crippen LogP contribution is -2.41. The minimum Gasteiger partial charge on any atom is -0.353 e. The summed E-state index contributed by atoms with van der Waals surface area (Å²) in [5, 5.41) is 4.28. The molecule has 19 heavy (non-hydrogen) atoms. The van der Waals surface area contributed by atoms with E-state index in [1.165, 1.54) is 19.3 Å². The van der Waals surface area contributed by atoms with Crippen molar-refractivity contribution in [2.45, 2.75) is 45.1 Å². The molecule has 1 aliphatic rings. The van der Waals surface area contributed by atoms with Crippen molar-refractivity contribution in [1.29, 1.82) is 0 Å². The molecular weight excluding hydrogens is 281 g/mol. The van der Waals surface area contributed by atoms with Crippen LogP contribution >= 0.6 is 23.2 Å². The van der Waals surface area contributed by atoms with Crippen LogP contribution in [-0.2, 0) is 11.2 Å². The topological polar surface area (TPSA) is 29.1 Å². The first-order chi connectivity index (χ1) is 9.06. The smallest absolute Gasteiger partial charge is 0.224 e. The molecule has 0 aliphatic heterocycles. The van der Waals surface area contributed by atoms with Gasteiger partial charge in [-0.25, -0.2) is 0 Å². The van der Waals surface area contributed by atoms with Crippen LogP contribution in [0.2, 0.25) is 10.0 Å². The highest BCUT2D eigenvalue weighted by Crippen LogP contribution is 2.24. The van der Waals surface area contributed by atoms with Gasteiger partial charge in [0.15, 0.2) is 0 Å². The van der Waals surface area contributed by atoms with Gasteiger partial charge >= 0.3 is 0 Å². The summed E-state index contributed by atoms with van der Waals surface area (Å²) in [6.07, 6.45) is 5.08. The summed E-state index contributed by atoms with van der Waals surface area (Å²) >= 11 is 11.9. The van der Waals surface area contributed by atoms with Gasteiger partial charge < -0.3 is 5.32 Å². The molecule has 2 rings (SSSR count). The highest BCUT2D eigenvalue weighted by molar-refractivity contribution is 6.35. The Hall–Kier alpha value is -0.730. The fourth-order valence-electron chi connectivity index (χ4n) is 2.63. The Kier molecular flexibility index (Phi) is 5.12. The maximum absolute atomic E-state index is 12.1. The summed E-state index contributed by atoms with van der Waals surface area (Å²) in [5.41, 5.74) is 0.826. The van der Waals surface area contributed by atoms with Crippen LogP contribution in [0.1, 0.15) is 38.2 Å². The number of nitrogens with one attached hydrogen (secondary N) is 1. The monoisotopic (exact) mass is 299 g/mol. The van der Waals surface area contributed by atoms with E-state index in [0.29, 0.717) is 28.4 Å². The third-order valence-corrected chi connectivity index (χ3v) is 4.41. The van der Waals surface area contributed by atoms with Crippen molar-refractivity contribution in [3.8, 4) is 0 Å². The van der Waals surface area contributed by atoms with Crippen LogP contribution in [0.4, 0.5) is 0 Å². The molecule has 2 atom stereocenters. The maximum atomic E-state index is 12.1. The molecule has 1 aromatic rings. The highest BCUT2D eigenvalue weighted by atomic mass is 35.5. The largest absolute Gasteiger partial charge is 0.353 e. The molecule has 0 unspecified atom stereocenters. The van der Waals surface area contributed by atoms with Gasteiger partial charge in [-0.2, -0.15) is 0 Å². The number of amides is 1. The minimum atomic E-state index is 0.0444. The molecule has 2 nitrogen and oxygen atoms in total. The van der Waals surface area contributed by atoms with E-state index < -0.39 is 0 Å². The maximum Gasteiger partial charge on any atom is 0.224 e. The summed E-state index contributed by atoms with van der Waals surface area (Å²) < 4.78 is 0. The van der Waals surface area contributed by atoms with Crippen molar-refractivity contribution < 1.29 is 4.79 Å². The predicted octanol–water partition coefficient (Wildman–Crippen LogP) is 4.23. The Labute approximate surface area is 124 Å². The van der Waals surface area contributed by atoms with E-state index in [4.69, 9.17) is 23.2 Å². The lowest BCUT2D eigenvalue weighted by atomic mass is 9.86. The summed E-state index contributed by atoms with van der Waals surface area (Å²) in [7, 11) is 0. The second kappa shape index (κ2) is 6.62. The first-order valence-electron chi connectivity index (χ1n) is 6.79. The quantitative estimate of drug-likeness (QED) is 0.889. The van der Waals surface area contributed by atoms with Crippen molar-refractivity contribution >= 4 is 29.1 Å². The van der Waals surface area contributed by atoms with Gasteiger partial charge in [0.05, 0.1) is 6.42 Å². The molecular formula is C15H19Cl2NO. The Balaban J connectivity index is 1.93. The Morgan fingerprint density at radius 1 is 1.32 bits per heavy atom.